The highest BCUT2D eigenvalue weighted by Gasteiger charge is 2.26. The van der Waals surface area contributed by atoms with Gasteiger partial charge in [-0.3, -0.25) is 9.69 Å². The summed E-state index contributed by atoms with van der Waals surface area (Å²) in [5, 5.41) is 6.15. The lowest BCUT2D eigenvalue weighted by molar-refractivity contribution is 0.0733. The van der Waals surface area contributed by atoms with Gasteiger partial charge in [0.05, 0.1) is 13.7 Å². The fourth-order valence-corrected chi connectivity index (χ4v) is 5.84. The molecule has 3 heterocycles. The van der Waals surface area contributed by atoms with E-state index in [0.717, 1.165) is 22.4 Å². The Morgan fingerprint density at radius 2 is 1.97 bits per heavy atom. The van der Waals surface area contributed by atoms with E-state index in [0.29, 0.717) is 49.8 Å². The lowest BCUT2D eigenvalue weighted by atomic mass is 10.0. The van der Waals surface area contributed by atoms with Gasteiger partial charge in [-0.15, -0.1) is 11.3 Å². The number of carbonyl (C=O) groups is 2. The Hall–Kier alpha value is -4.04. The zero-order chi connectivity index (χ0) is 24.6. The molecule has 3 aromatic carbocycles. The third-order valence-electron chi connectivity index (χ3n) is 6.66. The number of rotatable bonds is 4. The molecular weight excluding hydrogens is 474 g/mol. The lowest BCUT2D eigenvalue weighted by Crippen LogP contribution is -2.33. The van der Waals surface area contributed by atoms with Crippen LogP contribution in [0.25, 0.3) is 21.2 Å². The molecule has 1 fully saturated rings. The maximum atomic E-state index is 13.6. The van der Waals surface area contributed by atoms with Crippen LogP contribution in [0.3, 0.4) is 0 Å². The van der Waals surface area contributed by atoms with Gasteiger partial charge in [-0.25, -0.2) is 4.79 Å². The summed E-state index contributed by atoms with van der Waals surface area (Å²) in [6.07, 6.45) is 0. The van der Waals surface area contributed by atoms with E-state index in [-0.39, 0.29) is 11.9 Å². The maximum Gasteiger partial charge on any atom is 0.321 e. The molecule has 6 rings (SSSR count). The van der Waals surface area contributed by atoms with Gasteiger partial charge in [-0.05, 0) is 47.3 Å². The van der Waals surface area contributed by atoms with Crippen molar-refractivity contribution in [2.24, 2.45) is 0 Å². The van der Waals surface area contributed by atoms with Crippen LogP contribution in [0.15, 0.2) is 66.0 Å². The number of ether oxygens (including phenoxy) is 2. The van der Waals surface area contributed by atoms with E-state index < -0.39 is 0 Å². The summed E-state index contributed by atoms with van der Waals surface area (Å²) in [7, 11) is 1.64. The summed E-state index contributed by atoms with van der Waals surface area (Å²) < 4.78 is 13.0. The first-order chi connectivity index (χ1) is 17.6. The predicted octanol–water partition coefficient (Wildman–Crippen LogP) is 5.14. The number of nitrogens with zero attached hydrogens (tertiary/aromatic N) is 2. The largest absolute Gasteiger partial charge is 0.493 e. The molecule has 0 radical (unpaired) electrons. The molecule has 182 valence electrons. The molecule has 0 saturated carbocycles. The first kappa shape index (κ1) is 22.4. The van der Waals surface area contributed by atoms with Crippen molar-refractivity contribution in [3.63, 3.8) is 0 Å². The molecule has 8 heteroatoms. The molecule has 1 saturated heterocycles. The summed E-state index contributed by atoms with van der Waals surface area (Å²) in [4.78, 5) is 29.1. The van der Waals surface area contributed by atoms with Crippen LogP contribution in [0.5, 0.6) is 11.5 Å². The van der Waals surface area contributed by atoms with E-state index in [9.17, 15) is 9.59 Å². The van der Waals surface area contributed by atoms with Crippen molar-refractivity contribution in [3.8, 4) is 22.6 Å². The average Bonchev–Trinajstić information content (AvgIpc) is 3.48. The number of hydrogen-bond acceptors (Lipinski definition) is 5. The van der Waals surface area contributed by atoms with Gasteiger partial charge in [-0.2, -0.15) is 0 Å². The van der Waals surface area contributed by atoms with Crippen LogP contribution in [0.2, 0.25) is 0 Å². The van der Waals surface area contributed by atoms with Gasteiger partial charge in [-0.1, -0.05) is 24.3 Å². The Morgan fingerprint density at radius 3 is 2.81 bits per heavy atom. The van der Waals surface area contributed by atoms with E-state index in [1.54, 1.807) is 40.4 Å². The van der Waals surface area contributed by atoms with E-state index in [1.807, 2.05) is 30.3 Å². The Bertz CT molecular complexity index is 1480. The van der Waals surface area contributed by atoms with Crippen LogP contribution in [-0.4, -0.2) is 50.2 Å². The minimum atomic E-state index is -0.141. The molecule has 0 aliphatic carbocycles. The van der Waals surface area contributed by atoms with Gasteiger partial charge in [0.15, 0.2) is 11.5 Å². The maximum absolute atomic E-state index is 13.6. The second kappa shape index (κ2) is 9.20. The average molecular weight is 500 g/mol. The van der Waals surface area contributed by atoms with Gasteiger partial charge < -0.3 is 19.7 Å². The first-order valence-electron chi connectivity index (χ1n) is 11.9. The summed E-state index contributed by atoms with van der Waals surface area (Å²) in [6.45, 7) is 2.39. The molecule has 0 spiro atoms. The highest BCUT2D eigenvalue weighted by molar-refractivity contribution is 7.17. The zero-order valence-electron chi connectivity index (χ0n) is 19.8. The number of fused-ring (bicyclic) bond motifs is 2. The molecule has 3 amide bonds. The predicted molar refractivity (Wildman–Crippen MR) is 141 cm³/mol. The summed E-state index contributed by atoms with van der Waals surface area (Å²) in [5.41, 5.74) is 4.33. The van der Waals surface area contributed by atoms with Crippen LogP contribution in [-0.2, 0) is 6.54 Å². The molecule has 0 atom stereocenters. The van der Waals surface area contributed by atoms with Gasteiger partial charge in [0.2, 0.25) is 0 Å². The topological polar surface area (TPSA) is 71.1 Å². The number of carbonyl (C=O) groups excluding carboxylic acids is 2. The van der Waals surface area contributed by atoms with Crippen molar-refractivity contribution in [2.75, 3.05) is 38.3 Å². The van der Waals surface area contributed by atoms with Crippen molar-refractivity contribution in [1.29, 1.82) is 0 Å². The first-order valence-corrected chi connectivity index (χ1v) is 12.8. The summed E-state index contributed by atoms with van der Waals surface area (Å²) in [5.74, 6) is 1.24. The van der Waals surface area contributed by atoms with Gasteiger partial charge in [0.25, 0.3) is 5.91 Å². The second-order valence-corrected chi connectivity index (χ2v) is 9.73. The third kappa shape index (κ3) is 3.93. The molecule has 2 aliphatic rings. The minimum absolute atomic E-state index is 0.0988. The van der Waals surface area contributed by atoms with Crippen molar-refractivity contribution >= 4 is 39.0 Å². The van der Waals surface area contributed by atoms with E-state index in [4.69, 9.17) is 9.47 Å². The molecule has 0 bridgehead atoms. The third-order valence-corrected chi connectivity index (χ3v) is 7.62. The summed E-state index contributed by atoms with van der Waals surface area (Å²) >= 11 is 1.71. The Balaban J connectivity index is 1.34. The second-order valence-electron chi connectivity index (χ2n) is 8.82. The number of amides is 3. The van der Waals surface area contributed by atoms with Crippen LogP contribution in [0.1, 0.15) is 15.9 Å². The number of methoxy groups -OCH3 is 1. The van der Waals surface area contributed by atoms with E-state index in [1.165, 1.54) is 10.1 Å². The van der Waals surface area contributed by atoms with E-state index >= 15 is 0 Å². The Morgan fingerprint density at radius 1 is 1.08 bits per heavy atom. The molecule has 36 heavy (non-hydrogen) atoms. The van der Waals surface area contributed by atoms with Crippen molar-refractivity contribution < 1.29 is 19.1 Å². The quantitative estimate of drug-likeness (QED) is 0.422. The standard InChI is InChI=1S/C28H25N3O4S/c1-34-24-15-19(23-17-36-25-8-3-2-7-22(23)25)13-20-16-30(11-12-35-26(20)24)27(32)18-5-4-6-21(14-18)31-10-9-29-28(31)33/h2-8,13-15,17H,9-12,16H2,1H3,(H,29,33). The molecule has 1 aromatic heterocycles. The molecular formula is C28H25N3O4S. The monoisotopic (exact) mass is 499 g/mol. The number of hydrogen-bond donors (Lipinski definition) is 1. The minimum Gasteiger partial charge on any atom is -0.493 e. The highest BCUT2D eigenvalue weighted by atomic mass is 32.1. The van der Waals surface area contributed by atoms with Crippen molar-refractivity contribution in [1.82, 2.24) is 10.2 Å². The van der Waals surface area contributed by atoms with Gasteiger partial charge in [0.1, 0.15) is 6.61 Å². The smallest absolute Gasteiger partial charge is 0.321 e. The van der Waals surface area contributed by atoms with Crippen LogP contribution in [0.4, 0.5) is 10.5 Å². The SMILES string of the molecule is COc1cc(-c2csc3ccccc23)cc2c1OCCN(C(=O)c1cccc(N3CCNC3=O)c1)C2. The van der Waals surface area contributed by atoms with Gasteiger partial charge >= 0.3 is 6.03 Å². The fourth-order valence-electron chi connectivity index (χ4n) is 4.87. The normalized spacial score (nSPS) is 15.3. The van der Waals surface area contributed by atoms with Gasteiger partial charge in [0, 0.05) is 52.1 Å². The van der Waals surface area contributed by atoms with Crippen LogP contribution in [0, 0.1) is 0 Å². The highest BCUT2D eigenvalue weighted by Crippen LogP contribution is 2.41. The molecule has 0 unspecified atom stereocenters. The molecule has 4 aromatic rings. The molecule has 1 N–H and O–H groups in total. The Labute approximate surface area is 212 Å². The van der Waals surface area contributed by atoms with Crippen molar-refractivity contribution in [2.45, 2.75) is 6.54 Å². The fraction of sp³-hybridized carbons (Fsp3) is 0.214. The van der Waals surface area contributed by atoms with Crippen LogP contribution >= 0.6 is 11.3 Å². The molecule has 7 nitrogen and oxygen atoms in total. The summed E-state index contributed by atoms with van der Waals surface area (Å²) in [6, 6.07) is 19.5. The van der Waals surface area contributed by atoms with Crippen molar-refractivity contribution in [3.05, 3.63) is 77.2 Å². The number of nitrogens with one attached hydrogen (secondary N) is 1. The Kier molecular flexibility index (Phi) is 5.73. The number of urea groups is 1. The van der Waals surface area contributed by atoms with E-state index in [2.05, 4.69) is 28.9 Å². The lowest BCUT2D eigenvalue weighted by Gasteiger charge is -2.21. The molecule has 2 aliphatic heterocycles. The number of anilines is 1. The van der Waals surface area contributed by atoms with Crippen LogP contribution < -0.4 is 19.7 Å². The number of thiophene rings is 1. The number of benzene rings is 3. The zero-order valence-corrected chi connectivity index (χ0v) is 20.6.